The van der Waals surface area contributed by atoms with E-state index in [-0.39, 0.29) is 18.5 Å². The zero-order chi connectivity index (χ0) is 26.9. The second-order valence-electron chi connectivity index (χ2n) is 9.58. The molecule has 0 radical (unpaired) electrons. The SMILES string of the molecule is CC[C@@H](C)NC(=O)[C@H](CC)N(CCc1ccccc1)C(=O)CN(c1ccc(C(C)C)cc1)S(C)(=O)=O. The summed E-state index contributed by atoms with van der Waals surface area (Å²) in [5.41, 5.74) is 2.54. The lowest BCUT2D eigenvalue weighted by atomic mass is 10.0. The largest absolute Gasteiger partial charge is 0.352 e. The first kappa shape index (κ1) is 29.4. The van der Waals surface area contributed by atoms with Crippen LogP contribution in [0.3, 0.4) is 0 Å². The highest BCUT2D eigenvalue weighted by molar-refractivity contribution is 7.92. The molecule has 1 N–H and O–H groups in total. The number of benzene rings is 2. The van der Waals surface area contributed by atoms with Crippen LogP contribution in [-0.4, -0.2) is 56.6 Å². The second-order valence-corrected chi connectivity index (χ2v) is 11.5. The van der Waals surface area contributed by atoms with Crippen LogP contribution in [-0.2, 0) is 26.0 Å². The average molecular weight is 516 g/mol. The summed E-state index contributed by atoms with van der Waals surface area (Å²) in [6.07, 6.45) is 2.85. The molecule has 0 aromatic heterocycles. The number of hydrogen-bond acceptors (Lipinski definition) is 4. The van der Waals surface area contributed by atoms with Crippen molar-refractivity contribution in [1.29, 1.82) is 0 Å². The number of carbonyl (C=O) groups excluding carboxylic acids is 2. The molecule has 2 rings (SSSR count). The molecule has 0 aliphatic heterocycles. The van der Waals surface area contributed by atoms with Gasteiger partial charge in [0.1, 0.15) is 12.6 Å². The monoisotopic (exact) mass is 515 g/mol. The zero-order valence-corrected chi connectivity index (χ0v) is 23.2. The second kappa shape index (κ2) is 13.4. The summed E-state index contributed by atoms with van der Waals surface area (Å²) < 4.78 is 26.6. The molecule has 0 unspecified atom stereocenters. The third-order valence-corrected chi connectivity index (χ3v) is 7.54. The van der Waals surface area contributed by atoms with Crippen molar-refractivity contribution in [2.75, 3.05) is 23.7 Å². The van der Waals surface area contributed by atoms with Gasteiger partial charge in [0, 0.05) is 12.6 Å². The molecule has 2 atom stereocenters. The van der Waals surface area contributed by atoms with Crippen LogP contribution < -0.4 is 9.62 Å². The molecular weight excluding hydrogens is 474 g/mol. The highest BCUT2D eigenvalue weighted by atomic mass is 32.2. The molecule has 8 heteroatoms. The van der Waals surface area contributed by atoms with Gasteiger partial charge in [0.15, 0.2) is 0 Å². The molecule has 36 heavy (non-hydrogen) atoms. The molecule has 2 amide bonds. The lowest BCUT2D eigenvalue weighted by Gasteiger charge is -2.33. The Labute approximate surface area is 216 Å². The smallest absolute Gasteiger partial charge is 0.244 e. The molecule has 7 nitrogen and oxygen atoms in total. The van der Waals surface area contributed by atoms with E-state index in [1.807, 2.05) is 63.2 Å². The summed E-state index contributed by atoms with van der Waals surface area (Å²) in [6.45, 7) is 9.83. The maximum atomic E-state index is 13.7. The number of carbonyl (C=O) groups is 2. The Morgan fingerprint density at radius 2 is 1.53 bits per heavy atom. The lowest BCUT2D eigenvalue weighted by Crippen LogP contribution is -2.54. The first-order valence-corrected chi connectivity index (χ1v) is 14.5. The normalized spacial score (nSPS) is 13.2. The van der Waals surface area contributed by atoms with Crippen LogP contribution in [0, 0.1) is 0 Å². The topological polar surface area (TPSA) is 86.8 Å². The molecule has 2 aromatic carbocycles. The molecule has 0 fully saturated rings. The molecule has 0 saturated carbocycles. The molecule has 0 spiro atoms. The Balaban J connectivity index is 2.36. The maximum absolute atomic E-state index is 13.7. The molecule has 0 aliphatic rings. The van der Waals surface area contributed by atoms with Gasteiger partial charge in [-0.25, -0.2) is 8.42 Å². The van der Waals surface area contributed by atoms with Crippen LogP contribution in [0.25, 0.3) is 0 Å². The predicted molar refractivity (Wildman–Crippen MR) is 147 cm³/mol. The van der Waals surface area contributed by atoms with Crippen LogP contribution in [0.15, 0.2) is 54.6 Å². The standard InChI is InChI=1S/C28H41N3O4S/c1-7-22(5)29-28(33)26(8-2)30(19-18-23-12-10-9-11-13-23)27(32)20-31(36(6,34)35)25-16-14-24(15-17-25)21(3)4/h9-17,21-22,26H,7-8,18-20H2,1-6H3,(H,29,33)/t22-,26+/m1/s1. The van der Waals surface area contributed by atoms with Crippen molar-refractivity contribution in [3.8, 4) is 0 Å². The third-order valence-electron chi connectivity index (χ3n) is 6.40. The van der Waals surface area contributed by atoms with Crippen molar-refractivity contribution in [2.45, 2.75) is 71.9 Å². The number of rotatable bonds is 13. The van der Waals surface area contributed by atoms with Crippen molar-refractivity contribution in [3.63, 3.8) is 0 Å². The molecular formula is C28H41N3O4S. The highest BCUT2D eigenvalue weighted by Crippen LogP contribution is 2.22. The van der Waals surface area contributed by atoms with E-state index in [4.69, 9.17) is 0 Å². The molecule has 198 valence electrons. The van der Waals surface area contributed by atoms with Crippen LogP contribution in [0.2, 0.25) is 0 Å². The summed E-state index contributed by atoms with van der Waals surface area (Å²) in [5, 5.41) is 2.98. The predicted octanol–water partition coefficient (Wildman–Crippen LogP) is 4.34. The molecule has 0 saturated heterocycles. The number of hydrogen-bond donors (Lipinski definition) is 1. The highest BCUT2D eigenvalue weighted by Gasteiger charge is 2.31. The average Bonchev–Trinajstić information content (AvgIpc) is 2.84. The minimum absolute atomic E-state index is 0.0235. The quantitative estimate of drug-likeness (QED) is 0.430. The Kier molecular flexibility index (Phi) is 11.0. The minimum atomic E-state index is -3.74. The van der Waals surface area contributed by atoms with Gasteiger partial charge in [-0.3, -0.25) is 13.9 Å². The number of amides is 2. The van der Waals surface area contributed by atoms with Gasteiger partial charge in [0.2, 0.25) is 21.8 Å². The van der Waals surface area contributed by atoms with E-state index in [0.29, 0.717) is 31.0 Å². The molecule has 0 bridgehead atoms. The van der Waals surface area contributed by atoms with Crippen molar-refractivity contribution in [2.24, 2.45) is 0 Å². The van der Waals surface area contributed by atoms with E-state index in [1.54, 1.807) is 12.1 Å². The minimum Gasteiger partial charge on any atom is -0.352 e. The number of nitrogens with zero attached hydrogens (tertiary/aromatic N) is 2. The first-order valence-electron chi connectivity index (χ1n) is 12.7. The van der Waals surface area contributed by atoms with Gasteiger partial charge in [-0.2, -0.15) is 0 Å². The Bertz CT molecular complexity index is 1090. The van der Waals surface area contributed by atoms with Crippen LogP contribution >= 0.6 is 0 Å². The number of nitrogens with one attached hydrogen (secondary N) is 1. The Morgan fingerprint density at radius 3 is 2.03 bits per heavy atom. The fourth-order valence-corrected chi connectivity index (χ4v) is 4.83. The summed E-state index contributed by atoms with van der Waals surface area (Å²) in [7, 11) is -3.74. The fourth-order valence-electron chi connectivity index (χ4n) is 3.98. The van der Waals surface area contributed by atoms with Gasteiger partial charge in [0.05, 0.1) is 11.9 Å². The van der Waals surface area contributed by atoms with Gasteiger partial charge in [0.25, 0.3) is 0 Å². The Morgan fingerprint density at radius 1 is 0.917 bits per heavy atom. The van der Waals surface area contributed by atoms with Crippen LogP contribution in [0.1, 0.15) is 64.5 Å². The van der Waals surface area contributed by atoms with Gasteiger partial charge < -0.3 is 10.2 Å². The zero-order valence-electron chi connectivity index (χ0n) is 22.4. The van der Waals surface area contributed by atoms with Crippen molar-refractivity contribution in [3.05, 3.63) is 65.7 Å². The van der Waals surface area contributed by atoms with E-state index < -0.39 is 22.0 Å². The number of anilines is 1. The lowest BCUT2D eigenvalue weighted by molar-refractivity contribution is -0.139. The van der Waals surface area contributed by atoms with E-state index in [0.717, 1.165) is 28.1 Å². The van der Waals surface area contributed by atoms with E-state index in [1.165, 1.54) is 4.90 Å². The first-order chi connectivity index (χ1) is 17.0. The summed E-state index contributed by atoms with van der Waals surface area (Å²) >= 11 is 0. The van der Waals surface area contributed by atoms with E-state index >= 15 is 0 Å². The molecule has 0 heterocycles. The number of sulfonamides is 1. The van der Waals surface area contributed by atoms with Crippen molar-refractivity contribution < 1.29 is 18.0 Å². The van der Waals surface area contributed by atoms with Gasteiger partial charge in [-0.1, -0.05) is 70.2 Å². The summed E-state index contributed by atoms with van der Waals surface area (Å²) in [4.78, 5) is 28.3. The van der Waals surface area contributed by atoms with Gasteiger partial charge >= 0.3 is 0 Å². The molecule has 0 aliphatic carbocycles. The van der Waals surface area contributed by atoms with Crippen LogP contribution in [0.4, 0.5) is 5.69 Å². The Hall–Kier alpha value is -2.87. The van der Waals surface area contributed by atoms with Gasteiger partial charge in [-0.15, -0.1) is 0 Å². The van der Waals surface area contributed by atoms with Gasteiger partial charge in [-0.05, 0) is 55.4 Å². The van der Waals surface area contributed by atoms with E-state index in [9.17, 15) is 18.0 Å². The third kappa shape index (κ3) is 8.36. The summed E-state index contributed by atoms with van der Waals surface area (Å²) in [5.74, 6) is -0.328. The van der Waals surface area contributed by atoms with Crippen molar-refractivity contribution in [1.82, 2.24) is 10.2 Å². The fraction of sp³-hybridized carbons (Fsp3) is 0.500. The van der Waals surface area contributed by atoms with Crippen molar-refractivity contribution >= 4 is 27.5 Å². The maximum Gasteiger partial charge on any atom is 0.244 e. The van der Waals surface area contributed by atoms with E-state index in [2.05, 4.69) is 19.2 Å². The van der Waals surface area contributed by atoms with Crippen LogP contribution in [0.5, 0.6) is 0 Å². The summed E-state index contributed by atoms with van der Waals surface area (Å²) in [6, 6.07) is 16.2. The molecule has 2 aromatic rings.